The van der Waals surface area contributed by atoms with Gasteiger partial charge in [0.15, 0.2) is 0 Å². The number of carbonyl (C=O) groups excluding carboxylic acids is 2. The molecule has 2 amide bonds. The van der Waals surface area contributed by atoms with Crippen molar-refractivity contribution >= 4 is 29.4 Å². The van der Waals surface area contributed by atoms with Crippen molar-refractivity contribution in [3.63, 3.8) is 0 Å². The van der Waals surface area contributed by atoms with Crippen LogP contribution in [0.3, 0.4) is 0 Å². The van der Waals surface area contributed by atoms with Crippen molar-refractivity contribution in [2.45, 2.75) is 44.4 Å². The number of nitrogens with two attached hydrogens (primary N) is 1. The van der Waals surface area contributed by atoms with E-state index in [4.69, 9.17) is 15.6 Å². The zero-order valence-electron chi connectivity index (χ0n) is 19.3. The van der Waals surface area contributed by atoms with Gasteiger partial charge in [-0.2, -0.15) is 13.2 Å². The van der Waals surface area contributed by atoms with E-state index in [-0.39, 0.29) is 17.2 Å². The number of anilines is 1. The highest BCUT2D eigenvalue weighted by Gasteiger charge is 2.38. The number of halogens is 3. The molecular weight excluding hydrogens is 483 g/mol. The molecule has 2 aromatic carbocycles. The molecule has 3 rings (SSSR count). The second-order valence-electron chi connectivity index (χ2n) is 8.08. The van der Waals surface area contributed by atoms with Crippen molar-refractivity contribution in [1.29, 1.82) is 0 Å². The van der Waals surface area contributed by atoms with Gasteiger partial charge < -0.3 is 26.2 Å². The molecule has 1 fully saturated rings. The van der Waals surface area contributed by atoms with Crippen molar-refractivity contribution in [1.82, 2.24) is 4.90 Å². The molecule has 2 atom stereocenters. The molecule has 2 unspecified atom stereocenters. The summed E-state index contributed by atoms with van der Waals surface area (Å²) in [6.45, 7) is 2.13. The number of hydrogen-bond acceptors (Lipinski definition) is 5. The van der Waals surface area contributed by atoms with Gasteiger partial charge in [0.2, 0.25) is 11.8 Å². The monoisotopic (exact) mass is 509 g/mol. The van der Waals surface area contributed by atoms with E-state index in [0.717, 1.165) is 5.56 Å². The van der Waals surface area contributed by atoms with Crippen molar-refractivity contribution in [2.75, 3.05) is 11.9 Å². The number of rotatable bonds is 6. The molecule has 2 aromatic rings. The van der Waals surface area contributed by atoms with Crippen LogP contribution in [0.25, 0.3) is 0 Å². The van der Waals surface area contributed by atoms with Crippen LogP contribution in [0.15, 0.2) is 48.5 Å². The summed E-state index contributed by atoms with van der Waals surface area (Å²) in [6, 6.07) is 13.0. The molecule has 1 aliphatic heterocycles. The minimum atomic E-state index is -5.08. The summed E-state index contributed by atoms with van der Waals surface area (Å²) in [5, 5.41) is 19.3. The fraction of sp³-hybridized carbons (Fsp3) is 0.333. The highest BCUT2D eigenvalue weighted by molar-refractivity contribution is 6.04. The Balaban J connectivity index is 0.000000572. The van der Waals surface area contributed by atoms with Crippen LogP contribution >= 0.6 is 0 Å². The van der Waals surface area contributed by atoms with Crippen molar-refractivity contribution in [3.05, 3.63) is 65.2 Å². The maximum atomic E-state index is 12.9. The van der Waals surface area contributed by atoms with Crippen LogP contribution in [0.2, 0.25) is 0 Å². The van der Waals surface area contributed by atoms with Crippen LogP contribution in [0, 0.1) is 6.92 Å². The summed E-state index contributed by atoms with van der Waals surface area (Å²) >= 11 is 0. The predicted molar refractivity (Wildman–Crippen MR) is 123 cm³/mol. The number of carboxylic acids is 2. The second-order valence-corrected chi connectivity index (χ2v) is 8.08. The fourth-order valence-corrected chi connectivity index (χ4v) is 3.74. The first kappa shape index (κ1) is 28.3. The number of aryl methyl sites for hydroxylation is 1. The Kier molecular flexibility index (Phi) is 9.56. The lowest BCUT2D eigenvalue weighted by Crippen LogP contribution is -2.50. The van der Waals surface area contributed by atoms with Crippen molar-refractivity contribution in [2.24, 2.45) is 5.73 Å². The Morgan fingerprint density at radius 3 is 2.25 bits per heavy atom. The molecule has 0 aliphatic carbocycles. The lowest BCUT2D eigenvalue weighted by atomic mass is 10.0. The molecule has 36 heavy (non-hydrogen) atoms. The molecule has 1 heterocycles. The number of nitrogens with one attached hydrogen (secondary N) is 1. The quantitative estimate of drug-likeness (QED) is 0.468. The SMILES string of the molecule is Cc1cccc(NC(=O)C2CCCN2C(=O)C(N)Cc2ccccc2)c1C(=O)O.O=C(O)C(F)(F)F. The van der Waals surface area contributed by atoms with Crippen LogP contribution in [0.5, 0.6) is 0 Å². The number of carboxylic acid groups (broad SMARTS) is 2. The third-order valence-corrected chi connectivity index (χ3v) is 5.44. The van der Waals surface area contributed by atoms with E-state index < -0.39 is 36.1 Å². The number of hydrogen-bond donors (Lipinski definition) is 4. The first-order valence-corrected chi connectivity index (χ1v) is 10.9. The third kappa shape index (κ3) is 7.54. The van der Waals surface area contributed by atoms with E-state index in [2.05, 4.69) is 5.32 Å². The number of aliphatic carboxylic acids is 1. The van der Waals surface area contributed by atoms with Gasteiger partial charge >= 0.3 is 18.1 Å². The number of likely N-dealkylation sites (tertiary alicyclic amines) is 1. The van der Waals surface area contributed by atoms with E-state index in [1.807, 2.05) is 30.3 Å². The lowest BCUT2D eigenvalue weighted by molar-refractivity contribution is -0.192. The van der Waals surface area contributed by atoms with E-state index in [9.17, 15) is 32.7 Å². The summed E-state index contributed by atoms with van der Waals surface area (Å²) in [6.07, 6.45) is -3.48. The number of benzene rings is 2. The average Bonchev–Trinajstić information content (AvgIpc) is 3.29. The Morgan fingerprint density at radius 2 is 1.69 bits per heavy atom. The number of alkyl halides is 3. The highest BCUT2D eigenvalue weighted by atomic mass is 19.4. The van der Waals surface area contributed by atoms with Gasteiger partial charge in [0, 0.05) is 6.54 Å². The standard InChI is InChI=1S/C22H25N3O4.C2HF3O2/c1-14-7-5-10-17(19(14)22(28)29)24-20(26)18-11-6-12-25(18)21(27)16(23)13-15-8-3-2-4-9-15;3-2(4,5)1(6)7/h2-5,7-10,16,18H,6,11-13,23H2,1H3,(H,24,26)(H,28,29);(H,6,7). The molecule has 0 saturated carbocycles. The zero-order chi connectivity index (χ0) is 27.0. The molecule has 0 aromatic heterocycles. The van der Waals surface area contributed by atoms with Crippen LogP contribution in [-0.4, -0.2) is 63.7 Å². The van der Waals surface area contributed by atoms with Crippen LogP contribution in [0.1, 0.15) is 34.3 Å². The van der Waals surface area contributed by atoms with Gasteiger partial charge in [-0.3, -0.25) is 9.59 Å². The highest BCUT2D eigenvalue weighted by Crippen LogP contribution is 2.24. The molecule has 5 N–H and O–H groups in total. The average molecular weight is 509 g/mol. The lowest BCUT2D eigenvalue weighted by Gasteiger charge is -2.27. The minimum absolute atomic E-state index is 0.0532. The van der Waals surface area contributed by atoms with Crippen molar-refractivity contribution in [3.8, 4) is 0 Å². The van der Waals surface area contributed by atoms with Gasteiger partial charge in [-0.05, 0) is 43.4 Å². The molecule has 1 saturated heterocycles. The number of aromatic carboxylic acids is 1. The van der Waals surface area contributed by atoms with Gasteiger partial charge in [-0.25, -0.2) is 9.59 Å². The third-order valence-electron chi connectivity index (χ3n) is 5.44. The van der Waals surface area contributed by atoms with Crippen LogP contribution in [0.4, 0.5) is 18.9 Å². The van der Waals surface area contributed by atoms with E-state index in [1.165, 1.54) is 4.90 Å². The summed E-state index contributed by atoms with van der Waals surface area (Å²) in [5.74, 6) is -4.53. The van der Waals surface area contributed by atoms with Crippen LogP contribution < -0.4 is 11.1 Å². The largest absolute Gasteiger partial charge is 0.490 e. The second kappa shape index (κ2) is 12.2. The molecule has 12 heteroatoms. The zero-order valence-corrected chi connectivity index (χ0v) is 19.3. The summed E-state index contributed by atoms with van der Waals surface area (Å²) < 4.78 is 31.7. The summed E-state index contributed by atoms with van der Waals surface area (Å²) in [7, 11) is 0. The Morgan fingerprint density at radius 1 is 1.08 bits per heavy atom. The van der Waals surface area contributed by atoms with E-state index in [0.29, 0.717) is 31.4 Å². The first-order chi connectivity index (χ1) is 16.8. The molecule has 194 valence electrons. The maximum Gasteiger partial charge on any atom is 0.490 e. The maximum absolute atomic E-state index is 12.9. The topological polar surface area (TPSA) is 150 Å². The number of nitrogens with zero attached hydrogens (tertiary/aromatic N) is 1. The van der Waals surface area contributed by atoms with Crippen LogP contribution in [-0.2, 0) is 20.8 Å². The van der Waals surface area contributed by atoms with Gasteiger partial charge in [-0.15, -0.1) is 0 Å². The molecule has 0 spiro atoms. The van der Waals surface area contributed by atoms with Gasteiger partial charge in [-0.1, -0.05) is 42.5 Å². The molecule has 0 radical (unpaired) electrons. The molecule has 0 bridgehead atoms. The van der Waals surface area contributed by atoms with Gasteiger partial charge in [0.1, 0.15) is 6.04 Å². The fourth-order valence-electron chi connectivity index (χ4n) is 3.74. The number of amides is 2. The summed E-state index contributed by atoms with van der Waals surface area (Å²) in [5.41, 5.74) is 7.93. The Bertz CT molecular complexity index is 1110. The molecule has 1 aliphatic rings. The predicted octanol–water partition coefficient (Wildman–Crippen LogP) is 2.83. The van der Waals surface area contributed by atoms with E-state index in [1.54, 1.807) is 25.1 Å². The Hall–Kier alpha value is -3.93. The normalized spacial score (nSPS) is 15.9. The van der Waals surface area contributed by atoms with Gasteiger partial charge in [0.25, 0.3) is 0 Å². The first-order valence-electron chi connectivity index (χ1n) is 10.9. The van der Waals surface area contributed by atoms with Crippen molar-refractivity contribution < 1.29 is 42.6 Å². The number of carbonyl (C=O) groups is 4. The summed E-state index contributed by atoms with van der Waals surface area (Å²) in [4.78, 5) is 47.7. The molecular formula is C24H26F3N3O6. The molecule has 9 nitrogen and oxygen atoms in total. The van der Waals surface area contributed by atoms with E-state index >= 15 is 0 Å². The Labute approximate surface area is 204 Å². The van der Waals surface area contributed by atoms with Gasteiger partial charge in [0.05, 0.1) is 17.3 Å². The smallest absolute Gasteiger partial charge is 0.478 e. The minimum Gasteiger partial charge on any atom is -0.478 e.